The molecule has 1 unspecified atom stereocenters. The molecule has 1 atom stereocenters. The van der Waals surface area contributed by atoms with E-state index in [4.69, 9.17) is 27.9 Å². The Morgan fingerprint density at radius 1 is 1.29 bits per heavy atom. The molecule has 0 saturated carbocycles. The van der Waals surface area contributed by atoms with Gasteiger partial charge in [0.1, 0.15) is 5.60 Å². The summed E-state index contributed by atoms with van der Waals surface area (Å²) in [6.45, 7) is 0.235. The summed E-state index contributed by atoms with van der Waals surface area (Å²) >= 11 is 11.5. The molecule has 3 rings (SSSR count). The van der Waals surface area contributed by atoms with Crippen molar-refractivity contribution >= 4 is 29.1 Å². The molecule has 0 aliphatic carbocycles. The van der Waals surface area contributed by atoms with Gasteiger partial charge in [-0.25, -0.2) is 0 Å². The zero-order chi connectivity index (χ0) is 20.5. The molecular weight excluding hydrogens is 420 g/mol. The van der Waals surface area contributed by atoms with Crippen LogP contribution in [0.15, 0.2) is 24.5 Å². The van der Waals surface area contributed by atoms with Crippen LogP contribution in [0.5, 0.6) is 0 Å². The smallest absolute Gasteiger partial charge is 0.370 e. The molecule has 0 radical (unpaired) electrons. The van der Waals surface area contributed by atoms with Gasteiger partial charge in [0.15, 0.2) is 5.15 Å². The van der Waals surface area contributed by atoms with E-state index in [1.165, 1.54) is 24.3 Å². The Balaban J connectivity index is 1.99. The maximum atomic E-state index is 13.6. The molecule has 1 amide bonds. The van der Waals surface area contributed by atoms with Gasteiger partial charge < -0.3 is 9.64 Å². The van der Waals surface area contributed by atoms with Crippen LogP contribution >= 0.6 is 23.2 Å². The summed E-state index contributed by atoms with van der Waals surface area (Å²) in [6, 6.07) is 2.17. The lowest BCUT2D eigenvalue weighted by Gasteiger charge is -2.42. The van der Waals surface area contributed by atoms with E-state index in [1.807, 2.05) is 0 Å². The van der Waals surface area contributed by atoms with E-state index < -0.39 is 23.2 Å². The number of carbonyl (C=O) groups excluding carboxylic acids is 1. The monoisotopic (exact) mass is 434 g/mol. The Kier molecular flexibility index (Phi) is 5.79. The van der Waals surface area contributed by atoms with Gasteiger partial charge in [0, 0.05) is 19.9 Å². The predicted molar refractivity (Wildman–Crippen MR) is 95.1 cm³/mol. The van der Waals surface area contributed by atoms with Crippen molar-refractivity contribution in [1.82, 2.24) is 20.1 Å². The molecular formula is C17H15Cl2F3N4O2. The highest BCUT2D eigenvalue weighted by Gasteiger charge is 2.46. The number of halogens is 5. The Morgan fingerprint density at radius 2 is 2.04 bits per heavy atom. The van der Waals surface area contributed by atoms with E-state index in [0.29, 0.717) is 13.0 Å². The van der Waals surface area contributed by atoms with Crippen molar-refractivity contribution < 1.29 is 22.7 Å². The number of carbonyl (C=O) groups is 1. The number of amides is 1. The normalized spacial score (nSPS) is 20.3. The minimum absolute atomic E-state index is 0.0413. The topological polar surface area (TPSA) is 68.2 Å². The van der Waals surface area contributed by atoms with Crippen LogP contribution in [0.3, 0.4) is 0 Å². The number of rotatable bonds is 3. The van der Waals surface area contributed by atoms with E-state index >= 15 is 0 Å². The summed E-state index contributed by atoms with van der Waals surface area (Å²) in [4.78, 5) is 18.1. The average Bonchev–Trinajstić information content (AvgIpc) is 2.66. The van der Waals surface area contributed by atoms with Crippen molar-refractivity contribution in [1.29, 1.82) is 0 Å². The third-order valence-corrected chi connectivity index (χ3v) is 4.99. The van der Waals surface area contributed by atoms with Gasteiger partial charge in [-0.3, -0.25) is 9.78 Å². The van der Waals surface area contributed by atoms with Crippen molar-refractivity contribution in [3.05, 3.63) is 51.5 Å². The molecule has 1 saturated heterocycles. The molecule has 150 valence electrons. The molecule has 1 aliphatic rings. The molecule has 0 bridgehead atoms. The summed E-state index contributed by atoms with van der Waals surface area (Å²) in [7, 11) is 1.30. The minimum Gasteiger partial charge on any atom is -0.370 e. The minimum atomic E-state index is -4.67. The fourth-order valence-electron chi connectivity index (χ4n) is 3.31. The van der Waals surface area contributed by atoms with Gasteiger partial charge in [0.05, 0.1) is 34.6 Å². The van der Waals surface area contributed by atoms with Crippen molar-refractivity contribution in [2.75, 3.05) is 20.2 Å². The van der Waals surface area contributed by atoms with Crippen LogP contribution in [0.25, 0.3) is 0 Å². The summed E-state index contributed by atoms with van der Waals surface area (Å²) in [6.07, 6.45) is -1.60. The third-order valence-electron chi connectivity index (χ3n) is 4.60. The first-order valence-electron chi connectivity index (χ1n) is 8.22. The van der Waals surface area contributed by atoms with Crippen LogP contribution in [0.4, 0.5) is 13.2 Å². The maximum absolute atomic E-state index is 13.6. The third kappa shape index (κ3) is 4.06. The molecule has 6 nitrogen and oxygen atoms in total. The molecule has 0 N–H and O–H groups in total. The van der Waals surface area contributed by atoms with Crippen LogP contribution in [0, 0.1) is 0 Å². The average molecular weight is 435 g/mol. The first-order valence-corrected chi connectivity index (χ1v) is 8.98. The highest BCUT2D eigenvalue weighted by molar-refractivity contribution is 6.30. The number of pyridine rings is 1. The Morgan fingerprint density at radius 3 is 2.68 bits per heavy atom. The molecule has 28 heavy (non-hydrogen) atoms. The SMILES string of the molecule is COC1(c2ncc(Cl)cc2C(F)(F)F)CCCN(C(=O)c2cnnc(Cl)c2)C1. The van der Waals surface area contributed by atoms with Crippen LogP contribution < -0.4 is 0 Å². The second-order valence-electron chi connectivity index (χ2n) is 6.34. The van der Waals surface area contributed by atoms with Crippen molar-refractivity contribution in [3.63, 3.8) is 0 Å². The number of hydrogen-bond donors (Lipinski definition) is 0. The first-order chi connectivity index (χ1) is 13.2. The van der Waals surface area contributed by atoms with Gasteiger partial charge >= 0.3 is 6.18 Å². The van der Waals surface area contributed by atoms with Crippen LogP contribution in [0.1, 0.15) is 34.5 Å². The number of piperidine rings is 1. The van der Waals surface area contributed by atoms with Crippen molar-refractivity contribution in [2.45, 2.75) is 24.6 Å². The molecule has 0 aromatic carbocycles. The Hall–Kier alpha value is -1.97. The molecule has 1 aliphatic heterocycles. The number of alkyl halides is 3. The zero-order valence-electron chi connectivity index (χ0n) is 14.6. The maximum Gasteiger partial charge on any atom is 0.418 e. The van der Waals surface area contributed by atoms with Gasteiger partial charge in [-0.15, -0.1) is 5.10 Å². The summed E-state index contributed by atoms with van der Waals surface area (Å²) < 4.78 is 46.3. The van der Waals surface area contributed by atoms with Crippen LogP contribution in [-0.4, -0.2) is 46.2 Å². The molecule has 2 aromatic heterocycles. The highest BCUT2D eigenvalue weighted by Crippen LogP contribution is 2.42. The second-order valence-corrected chi connectivity index (χ2v) is 7.17. The van der Waals surface area contributed by atoms with E-state index in [2.05, 4.69) is 15.2 Å². The van der Waals surface area contributed by atoms with E-state index in [0.717, 1.165) is 12.3 Å². The van der Waals surface area contributed by atoms with Gasteiger partial charge in [-0.05, 0) is 25.0 Å². The van der Waals surface area contributed by atoms with E-state index in [-0.39, 0.29) is 34.4 Å². The van der Waals surface area contributed by atoms with Crippen molar-refractivity contribution in [2.24, 2.45) is 0 Å². The fraction of sp³-hybridized carbons (Fsp3) is 0.412. The molecule has 1 fully saturated rings. The standard InChI is InChI=1S/C17H15Cl2F3N4O2/c1-28-16(14-12(17(20,21)22)6-11(18)8-23-14)3-2-4-26(9-16)15(27)10-5-13(19)25-24-7-10/h5-8H,2-4,9H2,1H3. The van der Waals surface area contributed by atoms with Gasteiger partial charge in [0.25, 0.3) is 5.91 Å². The highest BCUT2D eigenvalue weighted by atomic mass is 35.5. The molecule has 0 spiro atoms. The summed E-state index contributed by atoms with van der Waals surface area (Å²) in [5.74, 6) is -0.430. The van der Waals surface area contributed by atoms with Crippen LogP contribution in [-0.2, 0) is 16.5 Å². The number of methoxy groups -OCH3 is 1. The van der Waals surface area contributed by atoms with Crippen molar-refractivity contribution in [3.8, 4) is 0 Å². The molecule has 3 heterocycles. The number of likely N-dealkylation sites (tertiary alicyclic amines) is 1. The first kappa shape index (κ1) is 20.8. The Bertz CT molecular complexity index is 897. The zero-order valence-corrected chi connectivity index (χ0v) is 16.1. The number of ether oxygens (including phenoxy) is 1. The number of nitrogens with zero attached hydrogens (tertiary/aromatic N) is 4. The van der Waals surface area contributed by atoms with Gasteiger partial charge in [-0.1, -0.05) is 23.2 Å². The summed E-state index contributed by atoms with van der Waals surface area (Å²) in [5, 5.41) is 7.12. The van der Waals surface area contributed by atoms with Gasteiger partial charge in [-0.2, -0.15) is 18.3 Å². The Labute approximate surface area is 168 Å². The molecule has 2 aromatic rings. The second kappa shape index (κ2) is 7.81. The lowest BCUT2D eigenvalue weighted by molar-refractivity contribution is -0.143. The number of hydrogen-bond acceptors (Lipinski definition) is 5. The number of aromatic nitrogens is 3. The predicted octanol–water partition coefficient (Wildman–Crippen LogP) is 3.98. The molecule has 11 heteroatoms. The van der Waals surface area contributed by atoms with E-state index in [9.17, 15) is 18.0 Å². The lowest BCUT2D eigenvalue weighted by Crippen LogP contribution is -2.50. The fourth-order valence-corrected chi connectivity index (χ4v) is 3.63. The van der Waals surface area contributed by atoms with E-state index in [1.54, 1.807) is 0 Å². The summed E-state index contributed by atoms with van der Waals surface area (Å²) in [5.41, 5.74) is -2.51. The van der Waals surface area contributed by atoms with Gasteiger partial charge in [0.2, 0.25) is 0 Å². The lowest BCUT2D eigenvalue weighted by atomic mass is 9.86. The quantitative estimate of drug-likeness (QED) is 0.730. The largest absolute Gasteiger partial charge is 0.418 e. The van der Waals surface area contributed by atoms with Crippen LogP contribution in [0.2, 0.25) is 10.2 Å².